The largest absolute Gasteiger partial charge is 0.461 e. The molecule has 0 spiro atoms. The Morgan fingerprint density at radius 3 is 2.30 bits per heavy atom. The lowest BCUT2D eigenvalue weighted by Gasteiger charge is -2.19. The second-order valence-electron chi connectivity index (χ2n) is 5.02. The third-order valence-corrected chi connectivity index (χ3v) is 3.71. The summed E-state index contributed by atoms with van der Waals surface area (Å²) in [6.45, 7) is 7.00. The van der Waals surface area contributed by atoms with Gasteiger partial charge in [-0.1, -0.05) is 30.3 Å². The summed E-state index contributed by atoms with van der Waals surface area (Å²) in [5.74, 6) is -0.677. The summed E-state index contributed by atoms with van der Waals surface area (Å²) in [5, 5.41) is 0. The van der Waals surface area contributed by atoms with Gasteiger partial charge >= 0.3 is 5.97 Å². The van der Waals surface area contributed by atoms with Crippen LogP contribution in [0.1, 0.15) is 41.6 Å². The number of rotatable bonds is 6. The van der Waals surface area contributed by atoms with Crippen LogP contribution in [0.4, 0.5) is 0 Å². The predicted molar refractivity (Wildman–Crippen MR) is 89.4 cm³/mol. The van der Waals surface area contributed by atoms with E-state index in [9.17, 15) is 9.59 Å². The molecule has 2 aromatic rings. The normalized spacial score (nSPS) is 10.4. The zero-order chi connectivity index (χ0) is 16.8. The van der Waals surface area contributed by atoms with E-state index in [0.717, 1.165) is 5.56 Å². The topological polar surface area (TPSA) is 62.4 Å². The standard InChI is InChI=1S/C18H22N2O3/c1-4-20(5-2)17(21)15-14(13-10-8-7-9-11-13)12-19-16(15)18(22)23-6-3/h7-12,19H,4-6H2,1-3H3. The van der Waals surface area contributed by atoms with Gasteiger partial charge in [0.05, 0.1) is 12.2 Å². The predicted octanol–water partition coefficient (Wildman–Crippen LogP) is 3.34. The first kappa shape index (κ1) is 16.8. The number of hydrogen-bond donors (Lipinski definition) is 1. The van der Waals surface area contributed by atoms with Crippen LogP contribution in [0.25, 0.3) is 11.1 Å². The van der Waals surface area contributed by atoms with Gasteiger partial charge in [-0.15, -0.1) is 0 Å². The number of carbonyl (C=O) groups is 2. The van der Waals surface area contributed by atoms with Gasteiger partial charge < -0.3 is 14.6 Å². The van der Waals surface area contributed by atoms with Crippen LogP contribution >= 0.6 is 0 Å². The number of nitrogens with one attached hydrogen (secondary N) is 1. The number of esters is 1. The molecule has 0 radical (unpaired) electrons. The Balaban J connectivity index is 2.56. The van der Waals surface area contributed by atoms with Gasteiger partial charge in [-0.25, -0.2) is 4.79 Å². The highest BCUT2D eigenvalue weighted by molar-refractivity contribution is 6.09. The molecule has 0 atom stereocenters. The van der Waals surface area contributed by atoms with Crippen LogP contribution in [0.15, 0.2) is 36.5 Å². The number of H-pyrrole nitrogens is 1. The molecule has 0 saturated heterocycles. The highest BCUT2D eigenvalue weighted by atomic mass is 16.5. The van der Waals surface area contributed by atoms with E-state index >= 15 is 0 Å². The molecule has 1 amide bonds. The number of benzene rings is 1. The molecule has 5 heteroatoms. The van der Waals surface area contributed by atoms with Crippen molar-refractivity contribution in [2.75, 3.05) is 19.7 Å². The number of nitrogens with zero attached hydrogens (tertiary/aromatic N) is 1. The summed E-state index contributed by atoms with van der Waals surface area (Å²) < 4.78 is 5.07. The Morgan fingerprint density at radius 1 is 1.09 bits per heavy atom. The average Bonchev–Trinajstić information content (AvgIpc) is 3.02. The van der Waals surface area contributed by atoms with Crippen LogP contribution < -0.4 is 0 Å². The molecule has 5 nitrogen and oxygen atoms in total. The molecule has 0 aliphatic carbocycles. The van der Waals surface area contributed by atoms with E-state index in [1.807, 2.05) is 44.2 Å². The van der Waals surface area contributed by atoms with E-state index in [2.05, 4.69) is 4.98 Å². The van der Waals surface area contributed by atoms with Crippen molar-refractivity contribution in [3.05, 3.63) is 47.8 Å². The van der Waals surface area contributed by atoms with Crippen molar-refractivity contribution in [3.8, 4) is 11.1 Å². The SMILES string of the molecule is CCOC(=O)c1[nH]cc(-c2ccccc2)c1C(=O)N(CC)CC. The first-order chi connectivity index (χ1) is 11.1. The molecule has 23 heavy (non-hydrogen) atoms. The Labute approximate surface area is 136 Å². The van der Waals surface area contributed by atoms with Gasteiger partial charge in [-0.3, -0.25) is 4.79 Å². The van der Waals surface area contributed by atoms with Gasteiger partial charge in [0.15, 0.2) is 0 Å². The second-order valence-corrected chi connectivity index (χ2v) is 5.02. The molecule has 0 aliphatic heterocycles. The van der Waals surface area contributed by atoms with Crippen LogP contribution in [-0.4, -0.2) is 41.5 Å². The number of ether oxygens (including phenoxy) is 1. The average molecular weight is 314 g/mol. The molecular weight excluding hydrogens is 292 g/mol. The zero-order valence-electron chi connectivity index (χ0n) is 13.8. The van der Waals surface area contributed by atoms with Gasteiger partial charge in [0.2, 0.25) is 0 Å². The maximum atomic E-state index is 12.9. The Bertz CT molecular complexity index is 673. The number of aromatic nitrogens is 1. The highest BCUT2D eigenvalue weighted by Gasteiger charge is 2.27. The van der Waals surface area contributed by atoms with E-state index in [0.29, 0.717) is 24.2 Å². The van der Waals surface area contributed by atoms with Crippen molar-refractivity contribution in [2.45, 2.75) is 20.8 Å². The molecular formula is C18H22N2O3. The van der Waals surface area contributed by atoms with Gasteiger partial charge in [-0.2, -0.15) is 0 Å². The lowest BCUT2D eigenvalue weighted by molar-refractivity contribution is 0.0513. The molecule has 1 aromatic heterocycles. The molecule has 1 heterocycles. The molecule has 0 bridgehead atoms. The first-order valence-electron chi connectivity index (χ1n) is 7.87. The molecule has 2 rings (SSSR count). The molecule has 0 saturated carbocycles. The monoisotopic (exact) mass is 314 g/mol. The van der Waals surface area contributed by atoms with E-state index in [1.165, 1.54) is 0 Å². The fourth-order valence-corrected chi connectivity index (χ4v) is 2.52. The number of aromatic amines is 1. The smallest absolute Gasteiger partial charge is 0.355 e. The van der Waals surface area contributed by atoms with Crippen molar-refractivity contribution >= 4 is 11.9 Å². The number of carbonyl (C=O) groups excluding carboxylic acids is 2. The lowest BCUT2D eigenvalue weighted by Crippen LogP contribution is -2.31. The second kappa shape index (κ2) is 7.63. The van der Waals surface area contributed by atoms with Crippen LogP contribution in [0.3, 0.4) is 0 Å². The third kappa shape index (κ3) is 3.44. The van der Waals surface area contributed by atoms with Crippen LogP contribution in [0.2, 0.25) is 0 Å². The van der Waals surface area contributed by atoms with Crippen molar-refractivity contribution < 1.29 is 14.3 Å². The van der Waals surface area contributed by atoms with Crippen molar-refractivity contribution in [3.63, 3.8) is 0 Å². The van der Waals surface area contributed by atoms with Gasteiger partial charge in [0.1, 0.15) is 5.69 Å². The van der Waals surface area contributed by atoms with Crippen molar-refractivity contribution in [1.29, 1.82) is 0 Å². The minimum Gasteiger partial charge on any atom is -0.461 e. The fourth-order valence-electron chi connectivity index (χ4n) is 2.52. The quantitative estimate of drug-likeness (QED) is 0.832. The van der Waals surface area contributed by atoms with E-state index < -0.39 is 5.97 Å². The van der Waals surface area contributed by atoms with Crippen molar-refractivity contribution in [2.24, 2.45) is 0 Å². The lowest BCUT2D eigenvalue weighted by atomic mass is 10.0. The van der Waals surface area contributed by atoms with Crippen molar-refractivity contribution in [1.82, 2.24) is 9.88 Å². The van der Waals surface area contributed by atoms with E-state index in [4.69, 9.17) is 4.74 Å². The summed E-state index contributed by atoms with van der Waals surface area (Å²) in [6.07, 6.45) is 1.69. The van der Waals surface area contributed by atoms with E-state index in [-0.39, 0.29) is 18.2 Å². The van der Waals surface area contributed by atoms with Gasteiger partial charge in [0.25, 0.3) is 5.91 Å². The summed E-state index contributed by atoms with van der Waals surface area (Å²) in [6, 6.07) is 9.54. The van der Waals surface area contributed by atoms with Crippen LogP contribution in [0, 0.1) is 0 Å². The minimum absolute atomic E-state index is 0.168. The zero-order valence-corrected chi connectivity index (χ0v) is 13.8. The van der Waals surface area contributed by atoms with Gasteiger partial charge in [0, 0.05) is 24.8 Å². The first-order valence-corrected chi connectivity index (χ1v) is 7.87. The summed E-state index contributed by atoms with van der Waals surface area (Å²) in [7, 11) is 0. The maximum absolute atomic E-state index is 12.9. The maximum Gasteiger partial charge on any atom is 0.355 e. The van der Waals surface area contributed by atoms with E-state index in [1.54, 1.807) is 18.0 Å². The molecule has 0 unspecified atom stereocenters. The Kier molecular flexibility index (Phi) is 5.57. The van der Waals surface area contributed by atoms with Crippen LogP contribution in [0.5, 0.6) is 0 Å². The molecule has 122 valence electrons. The Hall–Kier alpha value is -2.56. The molecule has 0 fully saturated rings. The van der Waals surface area contributed by atoms with Crippen LogP contribution in [-0.2, 0) is 4.74 Å². The highest BCUT2D eigenvalue weighted by Crippen LogP contribution is 2.28. The number of amides is 1. The molecule has 1 aromatic carbocycles. The third-order valence-electron chi connectivity index (χ3n) is 3.71. The summed E-state index contributed by atoms with van der Waals surface area (Å²) >= 11 is 0. The summed E-state index contributed by atoms with van der Waals surface area (Å²) in [4.78, 5) is 29.7. The molecule has 1 N–H and O–H groups in total. The minimum atomic E-state index is -0.509. The van der Waals surface area contributed by atoms with Gasteiger partial charge in [-0.05, 0) is 26.3 Å². The number of hydrogen-bond acceptors (Lipinski definition) is 3. The Morgan fingerprint density at radius 2 is 1.74 bits per heavy atom. The fraction of sp³-hybridized carbons (Fsp3) is 0.333. The summed E-state index contributed by atoms with van der Waals surface area (Å²) in [5.41, 5.74) is 2.18. The molecule has 0 aliphatic rings.